The van der Waals surface area contributed by atoms with Crippen LogP contribution in [0.2, 0.25) is 0 Å². The van der Waals surface area contributed by atoms with Gasteiger partial charge in [0, 0.05) is 20.6 Å². The van der Waals surface area contributed by atoms with Gasteiger partial charge in [-0.05, 0) is 24.8 Å². The summed E-state index contributed by atoms with van der Waals surface area (Å²) in [7, 11) is 1.29. The molecule has 3 rings (SSSR count). The number of hydrogen-bond acceptors (Lipinski definition) is 4. The third-order valence-electron chi connectivity index (χ3n) is 5.22. The fraction of sp³-hybridized carbons (Fsp3) is 0.381. The Morgan fingerprint density at radius 1 is 1.12 bits per heavy atom. The van der Waals surface area contributed by atoms with Crippen LogP contribution in [-0.2, 0) is 16.6 Å². The molecule has 3 aromatic rings. The lowest BCUT2D eigenvalue weighted by Gasteiger charge is -2.32. The van der Waals surface area contributed by atoms with Crippen molar-refractivity contribution in [2.24, 2.45) is 0 Å². The molecule has 0 unspecified atom stereocenters. The van der Waals surface area contributed by atoms with E-state index in [2.05, 4.69) is 32.9 Å². The number of thiophene rings is 2. The Kier molecular flexibility index (Phi) is 5.49. The number of benzene rings is 1. The smallest absolute Gasteiger partial charge is 0.351 e. The second kappa shape index (κ2) is 7.49. The largest absolute Gasteiger partial charge is 0.465 e. The van der Waals surface area contributed by atoms with Crippen LogP contribution in [0.3, 0.4) is 0 Å². The maximum absolute atomic E-state index is 15.3. The molecule has 1 aromatic carbocycles. The fourth-order valence-electron chi connectivity index (χ4n) is 3.69. The van der Waals surface area contributed by atoms with E-state index in [1.165, 1.54) is 24.0 Å². The summed E-state index contributed by atoms with van der Waals surface area (Å²) in [5.74, 6) is -1.02. The van der Waals surface area contributed by atoms with Crippen molar-refractivity contribution in [1.82, 2.24) is 0 Å². The zero-order valence-corrected chi connectivity index (χ0v) is 17.2. The molecule has 0 aliphatic rings. The Balaban J connectivity index is 2.35. The van der Waals surface area contributed by atoms with E-state index >= 15 is 4.39 Å². The minimum absolute atomic E-state index is 0.0791. The van der Waals surface area contributed by atoms with Crippen LogP contribution in [0.25, 0.3) is 10.1 Å². The van der Waals surface area contributed by atoms with E-state index in [-0.39, 0.29) is 10.3 Å². The van der Waals surface area contributed by atoms with Gasteiger partial charge in [0.2, 0.25) is 0 Å². The molecule has 0 fully saturated rings. The van der Waals surface area contributed by atoms with E-state index in [1.807, 2.05) is 18.2 Å². The zero-order chi connectivity index (χ0) is 18.9. The Labute approximate surface area is 161 Å². The molecule has 0 atom stereocenters. The van der Waals surface area contributed by atoms with Crippen LogP contribution in [0.5, 0.6) is 0 Å². The number of halogens is 1. The molecule has 2 heterocycles. The van der Waals surface area contributed by atoms with Crippen molar-refractivity contribution < 1.29 is 13.9 Å². The van der Waals surface area contributed by atoms with Gasteiger partial charge in [-0.3, -0.25) is 0 Å². The molecule has 2 nitrogen and oxygen atoms in total. The number of hydrogen-bond donors (Lipinski definition) is 0. The van der Waals surface area contributed by atoms with Gasteiger partial charge in [0.1, 0.15) is 4.88 Å². The summed E-state index contributed by atoms with van der Waals surface area (Å²) in [4.78, 5) is 14.3. The van der Waals surface area contributed by atoms with Crippen molar-refractivity contribution in [2.45, 2.75) is 45.4 Å². The number of esters is 1. The molecule has 0 radical (unpaired) electrons. The van der Waals surface area contributed by atoms with Gasteiger partial charge >= 0.3 is 5.97 Å². The highest BCUT2D eigenvalue weighted by Crippen LogP contribution is 2.50. The first-order chi connectivity index (χ1) is 12.5. The zero-order valence-electron chi connectivity index (χ0n) is 15.5. The number of carbonyl (C=O) groups excluding carboxylic acids is 1. The summed E-state index contributed by atoms with van der Waals surface area (Å²) in [5, 5.41) is 0.616. The fourth-order valence-corrected chi connectivity index (χ4v) is 6.60. The molecule has 0 aliphatic carbocycles. The second-order valence-electron chi connectivity index (χ2n) is 6.30. The number of carbonyl (C=O) groups is 1. The first kappa shape index (κ1) is 19.1. The third kappa shape index (κ3) is 2.78. The molecule has 0 spiro atoms. The molecule has 0 bridgehead atoms. The first-order valence-corrected chi connectivity index (χ1v) is 10.5. The average Bonchev–Trinajstić information content (AvgIpc) is 3.22. The number of fused-ring (bicyclic) bond motifs is 1. The molecule has 26 heavy (non-hydrogen) atoms. The number of methoxy groups -OCH3 is 1. The van der Waals surface area contributed by atoms with Crippen molar-refractivity contribution in [1.29, 1.82) is 0 Å². The molecule has 0 saturated carbocycles. The predicted octanol–water partition coefficient (Wildman–Crippen LogP) is 6.56. The van der Waals surface area contributed by atoms with E-state index in [1.54, 1.807) is 11.3 Å². The lowest BCUT2D eigenvalue weighted by Crippen LogP contribution is -2.25. The second-order valence-corrected chi connectivity index (χ2v) is 8.43. The Morgan fingerprint density at radius 3 is 2.31 bits per heavy atom. The van der Waals surface area contributed by atoms with Crippen LogP contribution < -0.4 is 0 Å². The quantitative estimate of drug-likeness (QED) is 0.446. The Hall–Kier alpha value is -1.72. The maximum Gasteiger partial charge on any atom is 0.351 e. The summed E-state index contributed by atoms with van der Waals surface area (Å²) in [6, 6.07) is 10.3. The standard InChI is InChI=1S/C21H23FO2S2/c1-5-14-17-15(16(22)18(26-17)20(23)24-4)19(25-14)21(6-2,7-3)13-11-9-8-10-12-13/h8-12H,5-7H2,1-4H3. The number of ether oxygens (including phenoxy) is 1. The van der Waals surface area contributed by atoms with Gasteiger partial charge in [0.05, 0.1) is 11.8 Å². The highest BCUT2D eigenvalue weighted by Gasteiger charge is 2.37. The van der Waals surface area contributed by atoms with E-state index in [0.717, 1.165) is 33.7 Å². The lowest BCUT2D eigenvalue weighted by molar-refractivity contribution is 0.0602. The average molecular weight is 391 g/mol. The van der Waals surface area contributed by atoms with Gasteiger partial charge in [-0.15, -0.1) is 22.7 Å². The molecule has 2 aromatic heterocycles. The molecule has 0 N–H and O–H groups in total. The van der Waals surface area contributed by atoms with Crippen LogP contribution in [-0.4, -0.2) is 13.1 Å². The predicted molar refractivity (Wildman–Crippen MR) is 108 cm³/mol. The normalized spacial score (nSPS) is 11.9. The van der Waals surface area contributed by atoms with Crippen molar-refractivity contribution in [3.05, 3.63) is 56.3 Å². The van der Waals surface area contributed by atoms with Crippen LogP contribution in [0, 0.1) is 5.82 Å². The van der Waals surface area contributed by atoms with Crippen LogP contribution in [0.15, 0.2) is 30.3 Å². The van der Waals surface area contributed by atoms with E-state index in [0.29, 0.717) is 5.39 Å². The van der Waals surface area contributed by atoms with Gasteiger partial charge in [-0.2, -0.15) is 0 Å². The van der Waals surface area contributed by atoms with Crippen LogP contribution >= 0.6 is 22.7 Å². The van der Waals surface area contributed by atoms with Crippen LogP contribution in [0.1, 0.15) is 58.6 Å². The van der Waals surface area contributed by atoms with E-state index in [4.69, 9.17) is 4.74 Å². The van der Waals surface area contributed by atoms with E-state index in [9.17, 15) is 4.79 Å². The van der Waals surface area contributed by atoms with Gasteiger partial charge in [0.25, 0.3) is 0 Å². The first-order valence-electron chi connectivity index (χ1n) is 8.91. The van der Waals surface area contributed by atoms with Gasteiger partial charge in [-0.25, -0.2) is 9.18 Å². The van der Waals surface area contributed by atoms with Crippen LogP contribution in [0.4, 0.5) is 4.39 Å². The summed E-state index contributed by atoms with van der Waals surface area (Å²) < 4.78 is 21.0. The minimum Gasteiger partial charge on any atom is -0.465 e. The monoisotopic (exact) mass is 390 g/mol. The van der Waals surface area contributed by atoms with Crippen molar-refractivity contribution in [3.63, 3.8) is 0 Å². The molecular weight excluding hydrogens is 367 g/mol. The minimum atomic E-state index is -0.597. The summed E-state index contributed by atoms with van der Waals surface area (Å²) in [6.45, 7) is 6.38. The third-order valence-corrected chi connectivity index (χ3v) is 8.09. The van der Waals surface area contributed by atoms with Gasteiger partial charge < -0.3 is 4.74 Å². The molecule has 5 heteroatoms. The number of aryl methyl sites for hydroxylation is 1. The van der Waals surface area contributed by atoms with Gasteiger partial charge in [-0.1, -0.05) is 51.1 Å². The highest BCUT2D eigenvalue weighted by atomic mass is 32.1. The molecule has 138 valence electrons. The van der Waals surface area contributed by atoms with E-state index < -0.39 is 11.8 Å². The molecular formula is C21H23FO2S2. The Bertz CT molecular complexity index is 921. The lowest BCUT2D eigenvalue weighted by atomic mass is 9.74. The highest BCUT2D eigenvalue weighted by molar-refractivity contribution is 7.25. The van der Waals surface area contributed by atoms with Crippen molar-refractivity contribution >= 4 is 38.7 Å². The SMILES string of the molecule is CCc1sc(C(CC)(CC)c2ccccc2)c2c(F)c(C(=O)OC)sc12. The topological polar surface area (TPSA) is 26.3 Å². The molecule has 0 amide bonds. The molecule has 0 aliphatic heterocycles. The van der Waals surface area contributed by atoms with Crippen molar-refractivity contribution in [2.75, 3.05) is 7.11 Å². The summed E-state index contributed by atoms with van der Waals surface area (Å²) in [6.07, 6.45) is 2.56. The molecule has 0 saturated heterocycles. The summed E-state index contributed by atoms with van der Waals surface area (Å²) >= 11 is 2.91. The maximum atomic E-state index is 15.3. The van der Waals surface area contributed by atoms with Gasteiger partial charge in [0.15, 0.2) is 5.82 Å². The summed E-state index contributed by atoms with van der Waals surface area (Å²) in [5.41, 5.74) is 0.938. The number of rotatable bonds is 6. The Morgan fingerprint density at radius 2 is 1.77 bits per heavy atom. The van der Waals surface area contributed by atoms with Crippen molar-refractivity contribution in [3.8, 4) is 0 Å².